The van der Waals surface area contributed by atoms with Crippen molar-refractivity contribution in [2.75, 3.05) is 6.61 Å². The first-order valence-electron chi connectivity index (χ1n) is 10.0. The van der Waals surface area contributed by atoms with Crippen LogP contribution in [0.5, 0.6) is 0 Å². The van der Waals surface area contributed by atoms with E-state index in [4.69, 9.17) is 22.1 Å². The largest absolute Gasteiger partial charge is 0.481 e. The van der Waals surface area contributed by atoms with Gasteiger partial charge in [0.2, 0.25) is 0 Å². The number of hydrogen-bond acceptors (Lipinski definition) is 4. The summed E-state index contributed by atoms with van der Waals surface area (Å²) in [4.78, 5) is 24.6. The summed E-state index contributed by atoms with van der Waals surface area (Å²) in [5.74, 6) is -3.71. The second-order valence-corrected chi connectivity index (χ2v) is 8.10. The number of hydrogen-bond donors (Lipinski definition) is 2. The maximum Gasteiger partial charge on any atom is 0.321 e. The summed E-state index contributed by atoms with van der Waals surface area (Å²) in [5, 5.41) is 10.2. The van der Waals surface area contributed by atoms with Crippen LogP contribution in [0.1, 0.15) is 22.6 Å². The molecule has 31 heavy (non-hydrogen) atoms. The number of nitrogens with two attached hydrogens (primary N) is 1. The molecule has 2 atom stereocenters. The van der Waals surface area contributed by atoms with Gasteiger partial charge in [0, 0.05) is 17.0 Å². The van der Waals surface area contributed by atoms with E-state index in [2.05, 4.69) is 0 Å². The number of fused-ring (bicyclic) bond motifs is 3. The maximum absolute atomic E-state index is 12.7. The highest BCUT2D eigenvalue weighted by molar-refractivity contribution is 6.30. The predicted octanol–water partition coefficient (Wildman–Crippen LogP) is 4.27. The van der Waals surface area contributed by atoms with Crippen molar-refractivity contribution in [3.05, 3.63) is 94.5 Å². The van der Waals surface area contributed by atoms with Crippen LogP contribution in [0.25, 0.3) is 11.1 Å². The molecule has 0 unspecified atom stereocenters. The summed E-state index contributed by atoms with van der Waals surface area (Å²) in [7, 11) is 0. The van der Waals surface area contributed by atoms with Gasteiger partial charge >= 0.3 is 11.9 Å². The Morgan fingerprint density at radius 2 is 1.48 bits per heavy atom. The van der Waals surface area contributed by atoms with E-state index >= 15 is 0 Å². The van der Waals surface area contributed by atoms with E-state index in [1.165, 1.54) is 0 Å². The number of carboxylic acids is 1. The number of benzene rings is 3. The van der Waals surface area contributed by atoms with Crippen molar-refractivity contribution in [1.82, 2.24) is 0 Å². The van der Waals surface area contributed by atoms with E-state index in [-0.39, 0.29) is 18.9 Å². The Hall–Kier alpha value is -3.15. The van der Waals surface area contributed by atoms with Gasteiger partial charge in [-0.25, -0.2) is 0 Å². The monoisotopic (exact) mass is 435 g/mol. The lowest BCUT2D eigenvalue weighted by Crippen LogP contribution is -2.43. The fourth-order valence-electron chi connectivity index (χ4n) is 4.16. The summed E-state index contributed by atoms with van der Waals surface area (Å²) in [5.41, 5.74) is 11.3. The van der Waals surface area contributed by atoms with Gasteiger partial charge in [-0.2, -0.15) is 0 Å². The Morgan fingerprint density at radius 3 is 2.03 bits per heavy atom. The van der Waals surface area contributed by atoms with Crippen molar-refractivity contribution in [3.8, 4) is 11.1 Å². The van der Waals surface area contributed by atoms with Gasteiger partial charge < -0.3 is 15.6 Å². The summed E-state index contributed by atoms with van der Waals surface area (Å²) in [6.07, 6.45) is 0.221. The van der Waals surface area contributed by atoms with Crippen molar-refractivity contribution in [3.63, 3.8) is 0 Å². The van der Waals surface area contributed by atoms with Crippen LogP contribution in [-0.4, -0.2) is 29.7 Å². The molecule has 0 aliphatic heterocycles. The second-order valence-electron chi connectivity index (χ2n) is 7.67. The Morgan fingerprint density at radius 1 is 0.935 bits per heavy atom. The molecule has 5 nitrogen and oxygen atoms in total. The van der Waals surface area contributed by atoms with E-state index in [1.807, 2.05) is 48.5 Å². The lowest BCUT2D eigenvalue weighted by atomic mass is 9.94. The van der Waals surface area contributed by atoms with Crippen LogP contribution in [0.2, 0.25) is 5.02 Å². The third-order valence-corrected chi connectivity index (χ3v) is 5.94. The molecule has 0 heterocycles. The highest BCUT2D eigenvalue weighted by Gasteiger charge is 2.36. The first-order chi connectivity index (χ1) is 15.0. The summed E-state index contributed by atoms with van der Waals surface area (Å²) in [6.45, 7) is 0.0598. The van der Waals surface area contributed by atoms with Gasteiger partial charge in [-0.3, -0.25) is 9.59 Å². The number of aliphatic carboxylic acids is 1. The quantitative estimate of drug-likeness (QED) is 0.427. The van der Waals surface area contributed by atoms with Crippen molar-refractivity contribution >= 4 is 23.5 Å². The first kappa shape index (κ1) is 21.1. The van der Waals surface area contributed by atoms with E-state index in [0.717, 1.165) is 27.8 Å². The Labute approximate surface area is 185 Å². The SMILES string of the molecule is N[C@@H](Cc1ccc(Cl)cc1)[C@H](C(=O)O)C(=O)OCC1c2ccccc2-c2ccccc21. The molecule has 3 aromatic rings. The first-order valence-corrected chi connectivity index (χ1v) is 10.4. The van der Waals surface area contributed by atoms with Crippen molar-refractivity contribution < 1.29 is 19.4 Å². The summed E-state index contributed by atoms with van der Waals surface area (Å²) < 4.78 is 5.52. The molecule has 0 spiro atoms. The van der Waals surface area contributed by atoms with Crippen molar-refractivity contribution in [2.45, 2.75) is 18.4 Å². The number of carboxylic acid groups (broad SMARTS) is 1. The molecule has 1 aliphatic carbocycles. The molecule has 0 aromatic heterocycles. The van der Waals surface area contributed by atoms with Gasteiger partial charge in [0.1, 0.15) is 6.61 Å². The average molecular weight is 436 g/mol. The molecular formula is C25H22ClNO4. The van der Waals surface area contributed by atoms with Crippen LogP contribution in [0, 0.1) is 5.92 Å². The molecule has 0 saturated heterocycles. The fourth-order valence-corrected chi connectivity index (χ4v) is 4.29. The van der Waals surface area contributed by atoms with Crippen molar-refractivity contribution in [2.24, 2.45) is 11.7 Å². The molecule has 1 aliphatic rings. The number of ether oxygens (including phenoxy) is 1. The topological polar surface area (TPSA) is 89.6 Å². The van der Waals surface area contributed by atoms with E-state index in [1.54, 1.807) is 24.3 Å². The number of rotatable bonds is 7. The predicted molar refractivity (Wildman–Crippen MR) is 119 cm³/mol. The van der Waals surface area contributed by atoms with Crippen LogP contribution in [-0.2, 0) is 20.7 Å². The molecule has 3 aromatic carbocycles. The van der Waals surface area contributed by atoms with Crippen LogP contribution in [0.3, 0.4) is 0 Å². The lowest BCUT2D eigenvalue weighted by molar-refractivity contribution is -0.159. The van der Waals surface area contributed by atoms with Crippen LogP contribution in [0.4, 0.5) is 0 Å². The standard InChI is InChI=1S/C25H22ClNO4/c26-16-11-9-15(10-12-16)13-22(27)23(24(28)29)25(30)31-14-21-19-7-3-1-5-17(19)18-6-2-4-8-20(18)21/h1-12,21-23H,13-14,27H2,(H,28,29)/t22-,23+/m0/s1. The minimum Gasteiger partial charge on any atom is -0.481 e. The maximum atomic E-state index is 12.7. The lowest BCUT2D eigenvalue weighted by Gasteiger charge is -2.21. The van der Waals surface area contributed by atoms with Gasteiger partial charge in [-0.05, 0) is 46.4 Å². The van der Waals surface area contributed by atoms with Gasteiger partial charge in [-0.1, -0.05) is 72.3 Å². The Balaban J connectivity index is 1.49. The number of esters is 1. The fraction of sp³-hybridized carbons (Fsp3) is 0.200. The van der Waals surface area contributed by atoms with Crippen LogP contribution in [0.15, 0.2) is 72.8 Å². The van der Waals surface area contributed by atoms with Crippen LogP contribution >= 0.6 is 11.6 Å². The normalized spacial score (nSPS) is 14.4. The van der Waals surface area contributed by atoms with Gasteiger partial charge in [0.25, 0.3) is 0 Å². The smallest absolute Gasteiger partial charge is 0.321 e. The summed E-state index contributed by atoms with van der Waals surface area (Å²) >= 11 is 5.89. The van der Waals surface area contributed by atoms with Gasteiger partial charge in [0.15, 0.2) is 5.92 Å². The van der Waals surface area contributed by atoms with Crippen molar-refractivity contribution in [1.29, 1.82) is 0 Å². The molecule has 0 saturated carbocycles. The molecule has 3 N–H and O–H groups in total. The molecule has 0 bridgehead atoms. The minimum absolute atomic E-state index is 0.0598. The average Bonchev–Trinajstić information content (AvgIpc) is 3.07. The summed E-state index contributed by atoms with van der Waals surface area (Å²) in [6, 6.07) is 21.9. The van der Waals surface area contributed by atoms with E-state index in [0.29, 0.717) is 5.02 Å². The number of halogens is 1. The molecular weight excluding hydrogens is 414 g/mol. The minimum atomic E-state index is -1.46. The van der Waals surface area contributed by atoms with Crippen LogP contribution < -0.4 is 5.73 Å². The van der Waals surface area contributed by atoms with Gasteiger partial charge in [0.05, 0.1) is 0 Å². The van der Waals surface area contributed by atoms with E-state index in [9.17, 15) is 14.7 Å². The number of carbonyl (C=O) groups excluding carboxylic acids is 1. The zero-order chi connectivity index (χ0) is 22.0. The van der Waals surface area contributed by atoms with Gasteiger partial charge in [-0.15, -0.1) is 0 Å². The highest BCUT2D eigenvalue weighted by atomic mass is 35.5. The second kappa shape index (κ2) is 8.92. The number of carbonyl (C=O) groups is 2. The Bertz CT molecular complexity index is 1070. The van der Waals surface area contributed by atoms with E-state index < -0.39 is 23.9 Å². The molecule has 0 radical (unpaired) electrons. The molecule has 0 amide bonds. The molecule has 6 heteroatoms. The highest BCUT2D eigenvalue weighted by Crippen LogP contribution is 2.44. The zero-order valence-electron chi connectivity index (χ0n) is 16.7. The third kappa shape index (κ3) is 4.33. The molecule has 4 rings (SSSR count). The zero-order valence-corrected chi connectivity index (χ0v) is 17.5. The molecule has 158 valence electrons. The Kier molecular flexibility index (Phi) is 6.07. The third-order valence-electron chi connectivity index (χ3n) is 5.69. The molecule has 0 fully saturated rings.